The van der Waals surface area contributed by atoms with Crippen LogP contribution < -0.4 is 11.1 Å². The zero-order chi connectivity index (χ0) is 11.4. The molecule has 0 saturated heterocycles. The molecule has 0 atom stereocenters. The highest BCUT2D eigenvalue weighted by Crippen LogP contribution is 2.26. The standard InChI is InChI=1S/C11H20N4/c1-7(2)5-13-11-9(8(3)4)10(12)14-6-15-11/h6-8H,5H2,1-4H3,(H3,12,13,14,15). The summed E-state index contributed by atoms with van der Waals surface area (Å²) in [7, 11) is 0. The minimum Gasteiger partial charge on any atom is -0.383 e. The van der Waals surface area contributed by atoms with E-state index in [1.165, 1.54) is 6.33 Å². The first kappa shape index (κ1) is 11.8. The second kappa shape index (κ2) is 4.96. The zero-order valence-corrected chi connectivity index (χ0v) is 9.91. The molecule has 3 N–H and O–H groups in total. The summed E-state index contributed by atoms with van der Waals surface area (Å²) in [4.78, 5) is 8.25. The number of nitrogen functional groups attached to an aromatic ring is 1. The van der Waals surface area contributed by atoms with Crippen LogP contribution in [0.25, 0.3) is 0 Å². The summed E-state index contributed by atoms with van der Waals surface area (Å²) in [6, 6.07) is 0. The molecule has 4 nitrogen and oxygen atoms in total. The lowest BCUT2D eigenvalue weighted by atomic mass is 10.0. The Bertz CT molecular complexity index is 320. The molecule has 0 aliphatic carbocycles. The van der Waals surface area contributed by atoms with Crippen molar-refractivity contribution in [3.8, 4) is 0 Å². The molecule has 0 amide bonds. The summed E-state index contributed by atoms with van der Waals surface area (Å²) in [6.45, 7) is 9.40. The van der Waals surface area contributed by atoms with Crippen LogP contribution in [0.5, 0.6) is 0 Å². The maximum absolute atomic E-state index is 5.84. The second-order valence-electron chi connectivity index (χ2n) is 4.45. The van der Waals surface area contributed by atoms with Gasteiger partial charge in [-0.3, -0.25) is 0 Å². The monoisotopic (exact) mass is 208 g/mol. The van der Waals surface area contributed by atoms with Crippen molar-refractivity contribution in [3.63, 3.8) is 0 Å². The molecule has 1 rings (SSSR count). The summed E-state index contributed by atoms with van der Waals surface area (Å²) in [5.41, 5.74) is 6.85. The van der Waals surface area contributed by atoms with Gasteiger partial charge in [-0.2, -0.15) is 0 Å². The molecule has 0 aromatic carbocycles. The van der Waals surface area contributed by atoms with Crippen molar-refractivity contribution >= 4 is 11.6 Å². The van der Waals surface area contributed by atoms with E-state index < -0.39 is 0 Å². The molecule has 4 heteroatoms. The first-order chi connectivity index (χ1) is 7.02. The van der Waals surface area contributed by atoms with Crippen molar-refractivity contribution in [1.82, 2.24) is 9.97 Å². The molecule has 0 bridgehead atoms. The van der Waals surface area contributed by atoms with Crippen LogP contribution in [0, 0.1) is 5.92 Å². The zero-order valence-electron chi connectivity index (χ0n) is 9.91. The smallest absolute Gasteiger partial charge is 0.134 e. The quantitative estimate of drug-likeness (QED) is 0.796. The van der Waals surface area contributed by atoms with E-state index in [1.54, 1.807) is 0 Å². The lowest BCUT2D eigenvalue weighted by Crippen LogP contribution is -2.13. The lowest BCUT2D eigenvalue weighted by molar-refractivity contribution is 0.684. The molecule has 84 valence electrons. The van der Waals surface area contributed by atoms with Crippen LogP contribution >= 0.6 is 0 Å². The fourth-order valence-corrected chi connectivity index (χ4v) is 1.42. The van der Waals surface area contributed by atoms with Gasteiger partial charge in [0, 0.05) is 12.1 Å². The predicted octanol–water partition coefficient (Wildman–Crippen LogP) is 2.25. The minimum atomic E-state index is 0.334. The van der Waals surface area contributed by atoms with Crippen molar-refractivity contribution in [2.75, 3.05) is 17.6 Å². The van der Waals surface area contributed by atoms with Crippen molar-refractivity contribution in [2.45, 2.75) is 33.6 Å². The highest BCUT2D eigenvalue weighted by Gasteiger charge is 2.12. The number of anilines is 2. The number of aromatic nitrogens is 2. The highest BCUT2D eigenvalue weighted by molar-refractivity contribution is 5.56. The molecule has 1 heterocycles. The molecule has 0 radical (unpaired) electrons. The first-order valence-corrected chi connectivity index (χ1v) is 5.36. The van der Waals surface area contributed by atoms with Gasteiger partial charge in [-0.1, -0.05) is 27.7 Å². The Morgan fingerprint density at radius 2 is 1.93 bits per heavy atom. The normalized spacial score (nSPS) is 11.1. The number of hydrogen-bond acceptors (Lipinski definition) is 4. The van der Waals surface area contributed by atoms with Gasteiger partial charge in [-0.25, -0.2) is 9.97 Å². The fourth-order valence-electron chi connectivity index (χ4n) is 1.42. The predicted molar refractivity (Wildman–Crippen MR) is 63.9 cm³/mol. The van der Waals surface area contributed by atoms with Crippen LogP contribution in [0.3, 0.4) is 0 Å². The van der Waals surface area contributed by atoms with E-state index in [0.29, 0.717) is 17.7 Å². The van der Waals surface area contributed by atoms with E-state index in [2.05, 4.69) is 43.0 Å². The Labute approximate surface area is 91.3 Å². The summed E-state index contributed by atoms with van der Waals surface area (Å²) in [5, 5.41) is 3.30. The second-order valence-corrected chi connectivity index (χ2v) is 4.45. The van der Waals surface area contributed by atoms with Crippen LogP contribution in [0.1, 0.15) is 39.2 Å². The summed E-state index contributed by atoms with van der Waals surface area (Å²) < 4.78 is 0. The van der Waals surface area contributed by atoms with Gasteiger partial charge in [-0.15, -0.1) is 0 Å². The Morgan fingerprint density at radius 3 is 2.47 bits per heavy atom. The summed E-state index contributed by atoms with van der Waals surface area (Å²) in [6.07, 6.45) is 1.50. The van der Waals surface area contributed by atoms with Gasteiger partial charge >= 0.3 is 0 Å². The Hall–Kier alpha value is -1.32. The third kappa shape index (κ3) is 3.08. The third-order valence-electron chi connectivity index (χ3n) is 2.17. The average molecular weight is 208 g/mol. The molecule has 0 fully saturated rings. The molecule has 0 aliphatic heterocycles. The van der Waals surface area contributed by atoms with E-state index in [1.807, 2.05) is 0 Å². The number of hydrogen-bond donors (Lipinski definition) is 2. The minimum absolute atomic E-state index is 0.334. The largest absolute Gasteiger partial charge is 0.383 e. The SMILES string of the molecule is CC(C)CNc1ncnc(N)c1C(C)C. The summed E-state index contributed by atoms with van der Waals surface area (Å²) >= 11 is 0. The Balaban J connectivity index is 2.91. The van der Waals surface area contributed by atoms with Gasteiger partial charge in [-0.05, 0) is 11.8 Å². The molecule has 0 saturated carbocycles. The van der Waals surface area contributed by atoms with Crippen molar-refractivity contribution in [2.24, 2.45) is 5.92 Å². The molecule has 0 spiro atoms. The first-order valence-electron chi connectivity index (χ1n) is 5.36. The topological polar surface area (TPSA) is 63.8 Å². The molecule has 1 aromatic heterocycles. The number of nitrogens with one attached hydrogen (secondary N) is 1. The summed E-state index contributed by atoms with van der Waals surface area (Å²) in [5.74, 6) is 2.36. The van der Waals surface area contributed by atoms with E-state index in [0.717, 1.165) is 17.9 Å². The Morgan fingerprint density at radius 1 is 1.27 bits per heavy atom. The number of nitrogens with zero attached hydrogens (tertiary/aromatic N) is 2. The molecular formula is C11H20N4. The van der Waals surface area contributed by atoms with Crippen LogP contribution in [-0.2, 0) is 0 Å². The van der Waals surface area contributed by atoms with Crippen molar-refractivity contribution in [1.29, 1.82) is 0 Å². The third-order valence-corrected chi connectivity index (χ3v) is 2.17. The van der Waals surface area contributed by atoms with E-state index in [-0.39, 0.29) is 0 Å². The molecule has 0 unspecified atom stereocenters. The molecule has 1 aromatic rings. The van der Waals surface area contributed by atoms with Gasteiger partial charge in [0.1, 0.15) is 18.0 Å². The van der Waals surface area contributed by atoms with E-state index >= 15 is 0 Å². The van der Waals surface area contributed by atoms with Gasteiger partial charge < -0.3 is 11.1 Å². The molecule has 15 heavy (non-hydrogen) atoms. The number of rotatable bonds is 4. The number of nitrogens with two attached hydrogens (primary N) is 1. The molecule has 0 aliphatic rings. The van der Waals surface area contributed by atoms with Crippen molar-refractivity contribution in [3.05, 3.63) is 11.9 Å². The highest BCUT2D eigenvalue weighted by atomic mass is 15.0. The van der Waals surface area contributed by atoms with E-state index in [9.17, 15) is 0 Å². The van der Waals surface area contributed by atoms with Crippen LogP contribution in [0.15, 0.2) is 6.33 Å². The van der Waals surface area contributed by atoms with Gasteiger partial charge in [0.05, 0.1) is 0 Å². The van der Waals surface area contributed by atoms with Crippen molar-refractivity contribution < 1.29 is 0 Å². The van der Waals surface area contributed by atoms with E-state index in [4.69, 9.17) is 5.73 Å². The van der Waals surface area contributed by atoms with Crippen LogP contribution in [0.2, 0.25) is 0 Å². The fraction of sp³-hybridized carbons (Fsp3) is 0.636. The van der Waals surface area contributed by atoms with Crippen LogP contribution in [-0.4, -0.2) is 16.5 Å². The van der Waals surface area contributed by atoms with Crippen LogP contribution in [0.4, 0.5) is 11.6 Å². The van der Waals surface area contributed by atoms with Gasteiger partial charge in [0.15, 0.2) is 0 Å². The average Bonchev–Trinajstić information content (AvgIpc) is 2.13. The van der Waals surface area contributed by atoms with Gasteiger partial charge in [0.2, 0.25) is 0 Å². The maximum atomic E-state index is 5.84. The lowest BCUT2D eigenvalue weighted by Gasteiger charge is -2.15. The van der Waals surface area contributed by atoms with Gasteiger partial charge in [0.25, 0.3) is 0 Å². The molecular weight excluding hydrogens is 188 g/mol. The maximum Gasteiger partial charge on any atom is 0.134 e. The Kier molecular flexibility index (Phi) is 3.88.